The van der Waals surface area contributed by atoms with E-state index < -0.39 is 6.36 Å². The number of amides is 1. The van der Waals surface area contributed by atoms with Crippen molar-refractivity contribution in [2.24, 2.45) is 0 Å². The predicted octanol–water partition coefficient (Wildman–Crippen LogP) is 4.14. The molecule has 10 heteroatoms. The summed E-state index contributed by atoms with van der Waals surface area (Å²) in [7, 11) is 0. The Hall–Kier alpha value is -2.49. The maximum absolute atomic E-state index is 12.5. The van der Waals surface area contributed by atoms with Crippen LogP contribution >= 0.6 is 11.6 Å². The molecule has 1 unspecified atom stereocenters. The highest BCUT2D eigenvalue weighted by Crippen LogP contribution is 2.26. The Bertz CT molecular complexity index is 871. The van der Waals surface area contributed by atoms with Crippen LogP contribution in [0.1, 0.15) is 12.8 Å². The van der Waals surface area contributed by atoms with E-state index in [2.05, 4.69) is 19.9 Å². The molecule has 2 aromatic rings. The fourth-order valence-corrected chi connectivity index (χ4v) is 3.85. The largest absolute Gasteiger partial charge is 0.573 e. The molecule has 1 saturated heterocycles. The molecule has 1 aliphatic rings. The van der Waals surface area contributed by atoms with Crippen molar-refractivity contribution < 1.29 is 27.8 Å². The molecule has 0 spiro atoms. The fraction of sp³-hybridized carbons (Fsp3) is 0.409. The topological polar surface area (TPSA) is 65.0 Å². The van der Waals surface area contributed by atoms with Gasteiger partial charge in [-0.25, -0.2) is 0 Å². The lowest BCUT2D eigenvalue weighted by atomic mass is 10.1. The summed E-state index contributed by atoms with van der Waals surface area (Å²) in [6, 6.07) is 12.5. The second-order valence-electron chi connectivity index (χ2n) is 7.49. The van der Waals surface area contributed by atoms with Crippen molar-refractivity contribution in [1.82, 2.24) is 4.90 Å². The Kier molecular flexibility index (Phi) is 8.22. The van der Waals surface area contributed by atoms with Crippen LogP contribution in [0, 0.1) is 0 Å². The number of halogens is 4. The summed E-state index contributed by atoms with van der Waals surface area (Å²) in [4.78, 5) is 16.7. The van der Waals surface area contributed by atoms with Crippen molar-refractivity contribution in [2.75, 3.05) is 43.0 Å². The van der Waals surface area contributed by atoms with E-state index in [1.807, 2.05) is 0 Å². The summed E-state index contributed by atoms with van der Waals surface area (Å²) in [5, 5.41) is 12.9. The fourth-order valence-electron chi connectivity index (χ4n) is 3.73. The van der Waals surface area contributed by atoms with Crippen molar-refractivity contribution in [3.8, 4) is 5.75 Å². The first-order valence-corrected chi connectivity index (χ1v) is 10.6. The van der Waals surface area contributed by atoms with Crippen LogP contribution < -0.4 is 15.0 Å². The van der Waals surface area contributed by atoms with Crippen LogP contribution in [-0.4, -0.2) is 61.1 Å². The number of alkyl halides is 3. The minimum atomic E-state index is -4.71. The number of carbonyl (C=O) groups excluding carboxylic acids is 1. The van der Waals surface area contributed by atoms with Crippen LogP contribution in [0.25, 0.3) is 0 Å². The van der Waals surface area contributed by atoms with Gasteiger partial charge in [-0.05, 0) is 55.0 Å². The zero-order chi connectivity index (χ0) is 23.1. The zero-order valence-corrected chi connectivity index (χ0v) is 18.1. The highest BCUT2D eigenvalue weighted by atomic mass is 35.5. The highest BCUT2D eigenvalue weighted by Gasteiger charge is 2.31. The maximum Gasteiger partial charge on any atom is 0.573 e. The third-order valence-corrected chi connectivity index (χ3v) is 5.53. The lowest BCUT2D eigenvalue weighted by Crippen LogP contribution is -2.51. The summed E-state index contributed by atoms with van der Waals surface area (Å²) in [5.41, 5.74) is 1.46. The number of aliphatic hydroxyl groups excluding tert-OH is 1. The highest BCUT2D eigenvalue weighted by molar-refractivity contribution is 6.30. The van der Waals surface area contributed by atoms with E-state index in [4.69, 9.17) is 11.6 Å². The molecule has 3 rings (SSSR count). The number of rotatable bonds is 8. The third kappa shape index (κ3) is 7.29. The normalized spacial score (nSPS) is 16.0. The van der Waals surface area contributed by atoms with Gasteiger partial charge in [-0.15, -0.1) is 13.2 Å². The minimum Gasteiger partial charge on any atom is -0.406 e. The van der Waals surface area contributed by atoms with Crippen molar-refractivity contribution in [3.63, 3.8) is 0 Å². The maximum atomic E-state index is 12.5. The summed E-state index contributed by atoms with van der Waals surface area (Å²) >= 11 is 5.86. The molecule has 1 heterocycles. The molecule has 1 amide bonds. The van der Waals surface area contributed by atoms with Gasteiger partial charge in [0.1, 0.15) is 5.75 Å². The lowest BCUT2D eigenvalue weighted by Gasteiger charge is -2.40. The predicted molar refractivity (Wildman–Crippen MR) is 117 cm³/mol. The third-order valence-electron chi connectivity index (χ3n) is 5.28. The van der Waals surface area contributed by atoms with Crippen LogP contribution in [0.5, 0.6) is 5.75 Å². The van der Waals surface area contributed by atoms with Crippen molar-refractivity contribution in [3.05, 3.63) is 53.6 Å². The summed E-state index contributed by atoms with van der Waals surface area (Å²) in [6.07, 6.45) is -4.00. The average molecular weight is 472 g/mol. The van der Waals surface area contributed by atoms with E-state index in [-0.39, 0.29) is 30.7 Å². The number of aliphatic hydroxyl groups is 1. The Morgan fingerprint density at radius 3 is 2.25 bits per heavy atom. The van der Waals surface area contributed by atoms with Gasteiger partial charge < -0.3 is 20.1 Å². The lowest BCUT2D eigenvalue weighted by molar-refractivity contribution is -0.274. The van der Waals surface area contributed by atoms with Crippen molar-refractivity contribution in [2.45, 2.75) is 25.2 Å². The first-order valence-electron chi connectivity index (χ1n) is 10.2. The molecule has 1 fully saturated rings. The van der Waals surface area contributed by atoms with E-state index in [0.717, 1.165) is 5.69 Å². The number of nitrogens with zero attached hydrogens (tertiary/aromatic N) is 2. The second-order valence-corrected chi connectivity index (χ2v) is 7.93. The van der Waals surface area contributed by atoms with E-state index in [0.29, 0.717) is 43.3 Å². The van der Waals surface area contributed by atoms with Gasteiger partial charge in [0, 0.05) is 61.6 Å². The first kappa shape index (κ1) is 24.2. The van der Waals surface area contributed by atoms with Crippen LogP contribution in [-0.2, 0) is 4.79 Å². The van der Waals surface area contributed by atoms with Crippen LogP contribution in [0.15, 0.2) is 48.5 Å². The van der Waals surface area contributed by atoms with Gasteiger partial charge in [0.05, 0.1) is 0 Å². The second kappa shape index (κ2) is 10.9. The van der Waals surface area contributed by atoms with Crippen molar-refractivity contribution in [1.29, 1.82) is 0 Å². The molecule has 2 aromatic carbocycles. The van der Waals surface area contributed by atoms with Crippen molar-refractivity contribution >= 4 is 28.9 Å². The Balaban J connectivity index is 1.53. The molecule has 6 nitrogen and oxygen atoms in total. The molecule has 0 saturated carbocycles. The number of benzene rings is 2. The molecule has 32 heavy (non-hydrogen) atoms. The summed E-state index contributed by atoms with van der Waals surface area (Å²) < 4.78 is 40.9. The summed E-state index contributed by atoms with van der Waals surface area (Å²) in [5.74, 6) is -0.400. The van der Waals surface area contributed by atoms with Gasteiger partial charge in [-0.1, -0.05) is 11.6 Å². The van der Waals surface area contributed by atoms with Gasteiger partial charge in [0.25, 0.3) is 0 Å². The van der Waals surface area contributed by atoms with E-state index in [9.17, 15) is 23.1 Å². The number of carbonyl (C=O) groups is 1. The monoisotopic (exact) mass is 471 g/mol. The molecule has 2 N–H and O–H groups in total. The van der Waals surface area contributed by atoms with E-state index in [1.54, 1.807) is 36.4 Å². The van der Waals surface area contributed by atoms with Crippen LogP contribution in [0.3, 0.4) is 0 Å². The Morgan fingerprint density at radius 1 is 1.06 bits per heavy atom. The average Bonchev–Trinajstić information content (AvgIpc) is 2.75. The molecule has 174 valence electrons. The van der Waals surface area contributed by atoms with E-state index in [1.165, 1.54) is 12.1 Å². The standard InChI is InChI=1S/C22H25ClF3N3O3/c23-16-1-3-17(4-2-16)27-21(31)15-19(9-14-30)29-12-10-28(11-13-29)18-5-7-20(8-6-18)32-22(24,25)26/h1-8,19,30H,9-15H2,(H,27,31). The number of ether oxygens (including phenoxy) is 1. The number of nitrogens with one attached hydrogen (secondary N) is 1. The molecule has 0 aliphatic carbocycles. The SMILES string of the molecule is O=C(CC(CCO)N1CCN(c2ccc(OC(F)(F)F)cc2)CC1)Nc1ccc(Cl)cc1. The van der Waals surface area contributed by atoms with Gasteiger partial charge >= 0.3 is 6.36 Å². The molecular weight excluding hydrogens is 447 g/mol. The van der Waals surface area contributed by atoms with E-state index >= 15 is 0 Å². The number of anilines is 2. The smallest absolute Gasteiger partial charge is 0.406 e. The first-order chi connectivity index (χ1) is 15.2. The van der Waals surface area contributed by atoms with Gasteiger partial charge in [-0.2, -0.15) is 0 Å². The molecule has 1 aliphatic heterocycles. The minimum absolute atomic E-state index is 0.0280. The molecule has 0 aromatic heterocycles. The Labute approximate surface area is 189 Å². The quantitative estimate of drug-likeness (QED) is 0.606. The van der Waals surface area contributed by atoms with Crippen LogP contribution in [0.2, 0.25) is 5.02 Å². The molecule has 0 bridgehead atoms. The number of hydrogen-bond acceptors (Lipinski definition) is 5. The molecule has 0 radical (unpaired) electrons. The molecular formula is C22H25ClF3N3O3. The number of hydrogen-bond donors (Lipinski definition) is 2. The van der Waals surface area contributed by atoms with Gasteiger partial charge in [0.2, 0.25) is 5.91 Å². The van der Waals surface area contributed by atoms with Gasteiger partial charge in [-0.3, -0.25) is 9.69 Å². The molecule has 1 atom stereocenters. The summed E-state index contributed by atoms with van der Waals surface area (Å²) in [6.45, 7) is 2.61. The number of piperazine rings is 1. The van der Waals surface area contributed by atoms with Gasteiger partial charge in [0.15, 0.2) is 0 Å². The zero-order valence-electron chi connectivity index (χ0n) is 17.3. The van der Waals surface area contributed by atoms with Crippen LogP contribution in [0.4, 0.5) is 24.5 Å². The Morgan fingerprint density at radius 2 is 1.69 bits per heavy atom.